The van der Waals surface area contributed by atoms with Crippen LogP contribution in [0.25, 0.3) is 0 Å². The van der Waals surface area contributed by atoms with Crippen molar-refractivity contribution in [2.75, 3.05) is 19.6 Å². The van der Waals surface area contributed by atoms with Crippen LogP contribution < -0.4 is 5.73 Å². The number of piperidine rings is 1. The van der Waals surface area contributed by atoms with Crippen molar-refractivity contribution >= 4 is 0 Å². The lowest BCUT2D eigenvalue weighted by molar-refractivity contribution is 0.160. The van der Waals surface area contributed by atoms with Gasteiger partial charge in [-0.1, -0.05) is 32.9 Å². The molecular weight excluding hydrogens is 228 g/mol. The maximum Gasteiger partial charge on any atom is 0.232 e. The van der Waals surface area contributed by atoms with Gasteiger partial charge in [0.05, 0.1) is 5.54 Å². The third kappa shape index (κ3) is 2.57. The molecule has 0 saturated carbocycles. The molecule has 1 aromatic heterocycles. The van der Waals surface area contributed by atoms with Gasteiger partial charge in [0.2, 0.25) is 5.89 Å². The fourth-order valence-electron chi connectivity index (χ4n) is 2.22. The second-order valence-electron chi connectivity index (χ2n) is 6.26. The molecule has 0 aromatic carbocycles. The molecule has 0 amide bonds. The van der Waals surface area contributed by atoms with Crippen LogP contribution in [0.5, 0.6) is 0 Å². The standard InChI is InChI=1S/C13H24N4O/c1-5-17-8-6-13(14,7-9-17)10-15-11(18-16-10)12(2,3)4/h5-9,14H2,1-4H3. The molecule has 5 heteroatoms. The molecule has 2 N–H and O–H groups in total. The fraction of sp³-hybridized carbons (Fsp3) is 0.846. The van der Waals surface area contributed by atoms with Crippen molar-refractivity contribution in [1.82, 2.24) is 15.0 Å². The first-order valence-corrected chi connectivity index (χ1v) is 6.71. The molecule has 0 spiro atoms. The summed E-state index contributed by atoms with van der Waals surface area (Å²) in [6.07, 6.45) is 1.79. The summed E-state index contributed by atoms with van der Waals surface area (Å²) in [5.74, 6) is 1.34. The Balaban J connectivity index is 2.14. The van der Waals surface area contributed by atoms with Gasteiger partial charge in [-0.15, -0.1) is 0 Å². The van der Waals surface area contributed by atoms with Crippen LogP contribution in [0, 0.1) is 0 Å². The third-order valence-electron chi connectivity index (χ3n) is 3.71. The smallest absolute Gasteiger partial charge is 0.232 e. The summed E-state index contributed by atoms with van der Waals surface area (Å²) in [5.41, 5.74) is 5.90. The van der Waals surface area contributed by atoms with Crippen molar-refractivity contribution in [3.8, 4) is 0 Å². The Labute approximate surface area is 109 Å². The van der Waals surface area contributed by atoms with E-state index in [9.17, 15) is 0 Å². The summed E-state index contributed by atoms with van der Waals surface area (Å²) in [6, 6.07) is 0. The molecule has 0 aliphatic carbocycles. The Morgan fingerprint density at radius 2 is 1.94 bits per heavy atom. The fourth-order valence-corrected chi connectivity index (χ4v) is 2.22. The molecule has 0 atom stereocenters. The Bertz CT molecular complexity index is 399. The Morgan fingerprint density at radius 1 is 1.33 bits per heavy atom. The minimum Gasteiger partial charge on any atom is -0.339 e. The topological polar surface area (TPSA) is 68.2 Å². The molecule has 5 nitrogen and oxygen atoms in total. The van der Waals surface area contributed by atoms with Gasteiger partial charge in [-0.2, -0.15) is 4.98 Å². The molecule has 1 fully saturated rings. The zero-order valence-corrected chi connectivity index (χ0v) is 11.9. The van der Waals surface area contributed by atoms with Crippen molar-refractivity contribution in [2.45, 2.75) is 51.5 Å². The number of likely N-dealkylation sites (tertiary alicyclic amines) is 1. The van der Waals surface area contributed by atoms with E-state index in [0.29, 0.717) is 11.7 Å². The van der Waals surface area contributed by atoms with E-state index in [1.54, 1.807) is 0 Å². The van der Waals surface area contributed by atoms with Crippen LogP contribution >= 0.6 is 0 Å². The molecule has 2 rings (SSSR count). The van der Waals surface area contributed by atoms with E-state index < -0.39 is 5.54 Å². The first-order valence-electron chi connectivity index (χ1n) is 6.71. The SMILES string of the molecule is CCN1CCC(N)(c2noc(C(C)(C)C)n2)CC1. The Kier molecular flexibility index (Phi) is 3.47. The van der Waals surface area contributed by atoms with Crippen molar-refractivity contribution in [3.05, 3.63) is 11.7 Å². The highest BCUT2D eigenvalue weighted by molar-refractivity contribution is 5.09. The van der Waals surface area contributed by atoms with Gasteiger partial charge in [0.15, 0.2) is 5.82 Å². The van der Waals surface area contributed by atoms with E-state index in [2.05, 4.69) is 42.7 Å². The van der Waals surface area contributed by atoms with Gasteiger partial charge in [-0.05, 0) is 19.4 Å². The van der Waals surface area contributed by atoms with Crippen molar-refractivity contribution in [2.24, 2.45) is 5.73 Å². The van der Waals surface area contributed by atoms with Crippen molar-refractivity contribution in [3.63, 3.8) is 0 Å². The first kappa shape index (κ1) is 13.5. The average molecular weight is 252 g/mol. The summed E-state index contributed by atoms with van der Waals surface area (Å²) >= 11 is 0. The highest BCUT2D eigenvalue weighted by Gasteiger charge is 2.37. The highest BCUT2D eigenvalue weighted by Crippen LogP contribution is 2.30. The van der Waals surface area contributed by atoms with Crippen LogP contribution in [0.3, 0.4) is 0 Å². The van der Waals surface area contributed by atoms with E-state index >= 15 is 0 Å². The van der Waals surface area contributed by atoms with Gasteiger partial charge in [-0.25, -0.2) is 0 Å². The van der Waals surface area contributed by atoms with E-state index in [-0.39, 0.29) is 5.41 Å². The van der Waals surface area contributed by atoms with Crippen LogP contribution in [-0.4, -0.2) is 34.7 Å². The summed E-state index contributed by atoms with van der Waals surface area (Å²) in [4.78, 5) is 6.91. The second kappa shape index (κ2) is 4.63. The molecule has 2 heterocycles. The molecule has 0 unspecified atom stereocenters. The van der Waals surface area contributed by atoms with Gasteiger partial charge >= 0.3 is 0 Å². The van der Waals surface area contributed by atoms with Crippen molar-refractivity contribution < 1.29 is 4.52 Å². The van der Waals surface area contributed by atoms with Crippen molar-refractivity contribution in [1.29, 1.82) is 0 Å². The zero-order valence-electron chi connectivity index (χ0n) is 11.9. The monoisotopic (exact) mass is 252 g/mol. The number of nitrogens with zero attached hydrogens (tertiary/aromatic N) is 3. The Morgan fingerprint density at radius 3 is 2.39 bits per heavy atom. The second-order valence-corrected chi connectivity index (χ2v) is 6.26. The lowest BCUT2D eigenvalue weighted by atomic mass is 9.87. The molecule has 0 bridgehead atoms. The Hall–Kier alpha value is -0.940. The lowest BCUT2D eigenvalue weighted by Gasteiger charge is -2.36. The maximum absolute atomic E-state index is 6.44. The predicted molar refractivity (Wildman–Crippen MR) is 70.2 cm³/mol. The normalized spacial score (nSPS) is 21.2. The number of hydrogen-bond donors (Lipinski definition) is 1. The zero-order chi connectivity index (χ0) is 13.4. The van der Waals surface area contributed by atoms with Crippen LogP contribution in [-0.2, 0) is 11.0 Å². The van der Waals surface area contributed by atoms with Gasteiger partial charge in [0, 0.05) is 18.5 Å². The highest BCUT2D eigenvalue weighted by atomic mass is 16.5. The summed E-state index contributed by atoms with van der Waals surface area (Å²) in [6.45, 7) is 11.5. The van der Waals surface area contributed by atoms with Gasteiger partial charge in [0.25, 0.3) is 0 Å². The average Bonchev–Trinajstić information content (AvgIpc) is 2.79. The minimum absolute atomic E-state index is 0.119. The summed E-state index contributed by atoms with van der Waals surface area (Å²) < 4.78 is 5.35. The molecule has 1 aromatic rings. The number of rotatable bonds is 2. The van der Waals surface area contributed by atoms with Crippen LogP contribution in [0.15, 0.2) is 4.52 Å². The molecular formula is C13H24N4O. The summed E-state index contributed by atoms with van der Waals surface area (Å²) in [7, 11) is 0. The maximum atomic E-state index is 6.44. The third-order valence-corrected chi connectivity index (χ3v) is 3.71. The van der Waals surface area contributed by atoms with E-state index in [1.165, 1.54) is 0 Å². The minimum atomic E-state index is -0.418. The quantitative estimate of drug-likeness (QED) is 0.866. The number of nitrogens with two attached hydrogens (primary N) is 1. The van der Waals surface area contributed by atoms with Gasteiger partial charge < -0.3 is 15.2 Å². The number of aromatic nitrogens is 2. The van der Waals surface area contributed by atoms with E-state index in [4.69, 9.17) is 10.3 Å². The van der Waals surface area contributed by atoms with Gasteiger partial charge in [-0.3, -0.25) is 0 Å². The molecule has 102 valence electrons. The van der Waals surface area contributed by atoms with Crippen LogP contribution in [0.4, 0.5) is 0 Å². The van der Waals surface area contributed by atoms with Crippen LogP contribution in [0.1, 0.15) is 52.3 Å². The molecule has 1 aliphatic rings. The van der Waals surface area contributed by atoms with E-state index in [0.717, 1.165) is 32.5 Å². The molecule has 0 radical (unpaired) electrons. The number of hydrogen-bond acceptors (Lipinski definition) is 5. The van der Waals surface area contributed by atoms with Crippen LogP contribution in [0.2, 0.25) is 0 Å². The van der Waals surface area contributed by atoms with Gasteiger partial charge in [0.1, 0.15) is 0 Å². The summed E-state index contributed by atoms with van der Waals surface area (Å²) in [5, 5.41) is 4.10. The molecule has 1 saturated heterocycles. The lowest BCUT2D eigenvalue weighted by Crippen LogP contribution is -2.48. The predicted octanol–water partition coefficient (Wildman–Crippen LogP) is 1.64. The largest absolute Gasteiger partial charge is 0.339 e. The first-order chi connectivity index (χ1) is 8.35. The molecule has 1 aliphatic heterocycles. The van der Waals surface area contributed by atoms with E-state index in [1.807, 2.05) is 0 Å². The molecule has 18 heavy (non-hydrogen) atoms.